The molecule has 2 N–H and O–H groups in total. The Morgan fingerprint density at radius 1 is 1.29 bits per heavy atom. The van der Waals surface area contributed by atoms with Crippen molar-refractivity contribution in [1.82, 2.24) is 15.6 Å². The number of hydrogen-bond donors (Lipinski definition) is 2. The summed E-state index contributed by atoms with van der Waals surface area (Å²) < 4.78 is 0. The van der Waals surface area contributed by atoms with Crippen molar-refractivity contribution in [2.45, 2.75) is 46.1 Å². The second-order valence-electron chi connectivity index (χ2n) is 5.92. The maximum atomic E-state index is 4.63. The van der Waals surface area contributed by atoms with E-state index in [1.54, 1.807) is 0 Å². The van der Waals surface area contributed by atoms with E-state index in [-0.39, 0.29) is 0 Å². The summed E-state index contributed by atoms with van der Waals surface area (Å²) >= 11 is 0. The van der Waals surface area contributed by atoms with Gasteiger partial charge in [0.2, 0.25) is 0 Å². The fraction of sp³-hybridized carbons (Fsp3) is 0.647. The third-order valence-electron chi connectivity index (χ3n) is 4.29. The van der Waals surface area contributed by atoms with E-state index in [1.165, 1.54) is 25.7 Å². The van der Waals surface area contributed by atoms with Crippen molar-refractivity contribution in [3.8, 4) is 0 Å². The third kappa shape index (κ3) is 5.37. The van der Waals surface area contributed by atoms with Gasteiger partial charge in [-0.2, -0.15) is 0 Å². The molecule has 2 unspecified atom stereocenters. The van der Waals surface area contributed by atoms with Crippen LogP contribution >= 0.6 is 0 Å². The van der Waals surface area contributed by atoms with Gasteiger partial charge in [0.15, 0.2) is 5.96 Å². The second-order valence-corrected chi connectivity index (χ2v) is 5.92. The Morgan fingerprint density at radius 3 is 2.86 bits per heavy atom. The number of nitrogens with zero attached hydrogens (tertiary/aromatic N) is 2. The molecular formula is C17H28N4. The van der Waals surface area contributed by atoms with Gasteiger partial charge in [0.25, 0.3) is 0 Å². The molecule has 1 heterocycles. The third-order valence-corrected chi connectivity index (χ3v) is 4.29. The Bertz CT molecular complexity index is 430. The molecule has 4 heteroatoms. The minimum absolute atomic E-state index is 0.621. The van der Waals surface area contributed by atoms with Crippen molar-refractivity contribution in [2.75, 3.05) is 13.1 Å². The van der Waals surface area contributed by atoms with Gasteiger partial charge in [0.05, 0.1) is 12.2 Å². The van der Waals surface area contributed by atoms with Crippen LogP contribution in [0.3, 0.4) is 0 Å². The summed E-state index contributed by atoms with van der Waals surface area (Å²) in [5.74, 6) is 2.50. The molecule has 1 saturated carbocycles. The summed E-state index contributed by atoms with van der Waals surface area (Å²) in [6, 6.07) is 5.94. The molecule has 1 aromatic rings. The summed E-state index contributed by atoms with van der Waals surface area (Å²) in [7, 11) is 0. The zero-order chi connectivity index (χ0) is 14.9. The topological polar surface area (TPSA) is 49.3 Å². The van der Waals surface area contributed by atoms with Crippen LogP contribution in [0.4, 0.5) is 0 Å². The maximum Gasteiger partial charge on any atom is 0.191 e. The number of aromatic nitrogens is 1. The van der Waals surface area contributed by atoms with Crippen LogP contribution in [-0.2, 0) is 6.54 Å². The molecule has 4 nitrogen and oxygen atoms in total. The molecule has 0 radical (unpaired) electrons. The van der Waals surface area contributed by atoms with E-state index in [1.807, 2.05) is 24.4 Å². The molecule has 0 spiro atoms. The Hall–Kier alpha value is -1.58. The summed E-state index contributed by atoms with van der Waals surface area (Å²) in [5, 5.41) is 6.82. The maximum absolute atomic E-state index is 4.63. The molecule has 1 aromatic heterocycles. The van der Waals surface area contributed by atoms with E-state index in [2.05, 4.69) is 34.5 Å². The predicted octanol–water partition coefficient (Wildman–Crippen LogP) is 2.96. The number of pyridine rings is 1. The van der Waals surface area contributed by atoms with Gasteiger partial charge in [-0.05, 0) is 37.3 Å². The number of guanidine groups is 1. The molecule has 0 bridgehead atoms. The van der Waals surface area contributed by atoms with Crippen molar-refractivity contribution < 1.29 is 0 Å². The van der Waals surface area contributed by atoms with E-state index in [0.717, 1.165) is 36.6 Å². The van der Waals surface area contributed by atoms with Gasteiger partial charge >= 0.3 is 0 Å². The van der Waals surface area contributed by atoms with Crippen molar-refractivity contribution in [1.29, 1.82) is 0 Å². The molecule has 116 valence electrons. The predicted molar refractivity (Wildman–Crippen MR) is 88.2 cm³/mol. The van der Waals surface area contributed by atoms with Crippen LogP contribution in [0.1, 0.15) is 45.2 Å². The van der Waals surface area contributed by atoms with E-state index in [4.69, 9.17) is 0 Å². The average Bonchev–Trinajstić information content (AvgIpc) is 2.52. The fourth-order valence-electron chi connectivity index (χ4n) is 2.92. The Morgan fingerprint density at radius 2 is 2.14 bits per heavy atom. The zero-order valence-corrected chi connectivity index (χ0v) is 13.3. The normalized spacial score (nSPS) is 22.9. The lowest BCUT2D eigenvalue weighted by atomic mass is 9.80. The smallest absolute Gasteiger partial charge is 0.191 e. The first-order valence-electron chi connectivity index (χ1n) is 8.21. The lowest BCUT2D eigenvalue weighted by Crippen LogP contribution is -2.41. The molecule has 0 amide bonds. The quantitative estimate of drug-likeness (QED) is 0.647. The van der Waals surface area contributed by atoms with Crippen LogP contribution in [0.15, 0.2) is 29.4 Å². The van der Waals surface area contributed by atoms with Gasteiger partial charge in [0.1, 0.15) is 0 Å². The zero-order valence-electron chi connectivity index (χ0n) is 13.3. The average molecular weight is 288 g/mol. The van der Waals surface area contributed by atoms with Crippen molar-refractivity contribution in [2.24, 2.45) is 16.8 Å². The first kappa shape index (κ1) is 15.8. The summed E-state index contributed by atoms with van der Waals surface area (Å²) in [6.45, 7) is 7.00. The monoisotopic (exact) mass is 288 g/mol. The molecule has 2 atom stereocenters. The van der Waals surface area contributed by atoms with Crippen LogP contribution in [0, 0.1) is 11.8 Å². The number of rotatable bonds is 5. The van der Waals surface area contributed by atoms with Crippen molar-refractivity contribution in [3.05, 3.63) is 30.1 Å². The molecule has 1 aliphatic carbocycles. The van der Waals surface area contributed by atoms with Crippen molar-refractivity contribution in [3.63, 3.8) is 0 Å². The summed E-state index contributed by atoms with van der Waals surface area (Å²) in [6.07, 6.45) is 7.29. The van der Waals surface area contributed by atoms with Crippen LogP contribution in [-0.4, -0.2) is 24.0 Å². The summed E-state index contributed by atoms with van der Waals surface area (Å²) in [5.41, 5.74) is 1.00. The highest BCUT2D eigenvalue weighted by Crippen LogP contribution is 2.28. The van der Waals surface area contributed by atoms with E-state index in [9.17, 15) is 0 Å². The molecule has 1 fully saturated rings. The van der Waals surface area contributed by atoms with Gasteiger partial charge in [-0.3, -0.25) is 4.98 Å². The number of nitrogens with one attached hydrogen (secondary N) is 2. The highest BCUT2D eigenvalue weighted by molar-refractivity contribution is 5.79. The first-order valence-corrected chi connectivity index (χ1v) is 8.21. The van der Waals surface area contributed by atoms with Gasteiger partial charge in [-0.25, -0.2) is 4.99 Å². The van der Waals surface area contributed by atoms with E-state index >= 15 is 0 Å². The lowest BCUT2D eigenvalue weighted by molar-refractivity contribution is 0.256. The van der Waals surface area contributed by atoms with Crippen LogP contribution in [0.5, 0.6) is 0 Å². The number of hydrogen-bond acceptors (Lipinski definition) is 2. The standard InChI is InChI=1S/C17H28N4/c1-3-18-17(21-13-16-10-6-7-11-19-16)20-12-15-9-5-4-8-14(15)2/h6-7,10-11,14-15H,3-5,8-9,12-13H2,1-2H3,(H2,18,20,21). The minimum atomic E-state index is 0.621. The molecule has 21 heavy (non-hydrogen) atoms. The van der Waals surface area contributed by atoms with E-state index < -0.39 is 0 Å². The molecular weight excluding hydrogens is 260 g/mol. The highest BCUT2D eigenvalue weighted by atomic mass is 15.2. The summed E-state index contributed by atoms with van der Waals surface area (Å²) in [4.78, 5) is 8.94. The first-order chi connectivity index (χ1) is 10.3. The second kappa shape index (κ2) is 8.65. The van der Waals surface area contributed by atoms with Gasteiger partial charge in [-0.15, -0.1) is 0 Å². The molecule has 0 saturated heterocycles. The van der Waals surface area contributed by atoms with Gasteiger partial charge < -0.3 is 10.6 Å². The minimum Gasteiger partial charge on any atom is -0.357 e. The molecule has 1 aliphatic rings. The van der Waals surface area contributed by atoms with E-state index in [0.29, 0.717) is 6.54 Å². The van der Waals surface area contributed by atoms with Gasteiger partial charge in [0, 0.05) is 19.3 Å². The Labute approximate surface area is 128 Å². The number of aliphatic imine (C=N–C) groups is 1. The van der Waals surface area contributed by atoms with Crippen molar-refractivity contribution >= 4 is 5.96 Å². The van der Waals surface area contributed by atoms with Crippen LogP contribution in [0.25, 0.3) is 0 Å². The molecule has 2 rings (SSSR count). The molecule has 0 aromatic carbocycles. The Balaban J connectivity index is 1.86. The van der Waals surface area contributed by atoms with Gasteiger partial charge in [-0.1, -0.05) is 32.3 Å². The lowest BCUT2D eigenvalue weighted by Gasteiger charge is -2.29. The fourth-order valence-corrected chi connectivity index (χ4v) is 2.92. The Kier molecular flexibility index (Phi) is 6.51. The largest absolute Gasteiger partial charge is 0.357 e. The molecule has 0 aliphatic heterocycles. The van der Waals surface area contributed by atoms with Crippen LogP contribution < -0.4 is 10.6 Å². The van der Waals surface area contributed by atoms with Crippen LogP contribution in [0.2, 0.25) is 0 Å². The SMILES string of the molecule is CCNC(=NCc1ccccn1)NCC1CCCCC1C. The highest BCUT2D eigenvalue weighted by Gasteiger charge is 2.21.